The van der Waals surface area contributed by atoms with Gasteiger partial charge in [-0.25, -0.2) is 4.98 Å². The van der Waals surface area contributed by atoms with Crippen molar-refractivity contribution in [2.75, 3.05) is 5.32 Å². The monoisotopic (exact) mass is 389 g/mol. The summed E-state index contributed by atoms with van der Waals surface area (Å²) in [5.74, 6) is 0.440. The van der Waals surface area contributed by atoms with Crippen LogP contribution in [0, 0.1) is 6.92 Å². The number of anilines is 1. The molecule has 2 heterocycles. The molecule has 2 aromatic heterocycles. The van der Waals surface area contributed by atoms with E-state index in [0.717, 1.165) is 33.3 Å². The molecular weight excluding hydrogens is 370 g/mol. The van der Waals surface area contributed by atoms with Gasteiger partial charge >= 0.3 is 0 Å². The molecule has 0 aliphatic rings. The summed E-state index contributed by atoms with van der Waals surface area (Å²) in [7, 11) is 0. The molecule has 0 unspecified atom stereocenters. The smallest absolute Gasteiger partial charge is 0.255 e. The van der Waals surface area contributed by atoms with Crippen LogP contribution in [-0.4, -0.2) is 25.5 Å². The third-order valence-electron chi connectivity index (χ3n) is 4.26. The number of fused-ring (bicyclic) bond motifs is 1. The van der Waals surface area contributed by atoms with Crippen LogP contribution in [0.3, 0.4) is 0 Å². The Bertz CT molecular complexity index is 1150. The molecule has 0 radical (unpaired) electrons. The third-order valence-corrected chi connectivity index (χ3v) is 5.34. The largest absolute Gasteiger partial charge is 0.321 e. The molecule has 0 fully saturated rings. The number of carbonyl (C=O) groups excluding carboxylic acids is 1. The molecule has 7 heteroatoms. The van der Waals surface area contributed by atoms with Crippen molar-refractivity contribution < 1.29 is 4.79 Å². The maximum Gasteiger partial charge on any atom is 0.255 e. The van der Waals surface area contributed by atoms with Crippen LogP contribution < -0.4 is 5.32 Å². The number of hydrogen-bond acceptors (Lipinski definition) is 5. The summed E-state index contributed by atoms with van der Waals surface area (Å²) in [6, 6.07) is 17.3. The molecule has 0 saturated heterocycles. The zero-order chi connectivity index (χ0) is 19.5. The van der Waals surface area contributed by atoms with Crippen LogP contribution in [0.5, 0.6) is 0 Å². The summed E-state index contributed by atoms with van der Waals surface area (Å²) in [5, 5.41) is 8.20. The summed E-state index contributed by atoms with van der Waals surface area (Å²) < 4.78 is 1.71. The minimum atomic E-state index is -0.133. The Kier molecular flexibility index (Phi) is 5.08. The highest BCUT2D eigenvalue weighted by atomic mass is 32.2. The van der Waals surface area contributed by atoms with Gasteiger partial charge in [0.05, 0.1) is 5.69 Å². The van der Waals surface area contributed by atoms with E-state index in [-0.39, 0.29) is 5.91 Å². The first-order chi connectivity index (χ1) is 13.6. The van der Waals surface area contributed by atoms with Crippen molar-refractivity contribution >= 4 is 29.1 Å². The van der Waals surface area contributed by atoms with E-state index in [1.807, 2.05) is 61.5 Å². The van der Waals surface area contributed by atoms with Crippen molar-refractivity contribution in [3.63, 3.8) is 0 Å². The zero-order valence-corrected chi connectivity index (χ0v) is 16.4. The van der Waals surface area contributed by atoms with E-state index in [0.29, 0.717) is 11.3 Å². The van der Waals surface area contributed by atoms with Gasteiger partial charge in [-0.15, -0.1) is 0 Å². The van der Waals surface area contributed by atoms with E-state index in [1.165, 1.54) is 18.1 Å². The molecule has 0 spiro atoms. The predicted molar refractivity (Wildman–Crippen MR) is 110 cm³/mol. The molecule has 2 aromatic carbocycles. The summed E-state index contributed by atoms with van der Waals surface area (Å²) in [5.41, 5.74) is 3.38. The Morgan fingerprint density at radius 1 is 1.14 bits per heavy atom. The van der Waals surface area contributed by atoms with Gasteiger partial charge in [-0.3, -0.25) is 4.79 Å². The van der Waals surface area contributed by atoms with Crippen LogP contribution in [0.2, 0.25) is 0 Å². The lowest BCUT2D eigenvalue weighted by Crippen LogP contribution is -2.12. The van der Waals surface area contributed by atoms with E-state index in [9.17, 15) is 4.79 Å². The summed E-state index contributed by atoms with van der Waals surface area (Å²) in [6.07, 6.45) is 2.31. The molecule has 0 aliphatic carbocycles. The van der Waals surface area contributed by atoms with Crippen LogP contribution in [-0.2, 0) is 6.42 Å². The van der Waals surface area contributed by atoms with Gasteiger partial charge < -0.3 is 5.32 Å². The predicted octanol–water partition coefficient (Wildman–Crippen LogP) is 4.40. The molecule has 4 aromatic rings. The Labute approximate surface area is 167 Å². The van der Waals surface area contributed by atoms with Gasteiger partial charge in [0.1, 0.15) is 11.4 Å². The number of nitrogens with zero attached hydrogens (tertiary/aromatic N) is 4. The Balaban J connectivity index is 1.65. The molecule has 0 saturated carbocycles. The van der Waals surface area contributed by atoms with Gasteiger partial charge in [0.2, 0.25) is 0 Å². The molecule has 1 amide bonds. The van der Waals surface area contributed by atoms with Crippen molar-refractivity contribution in [2.24, 2.45) is 0 Å². The Morgan fingerprint density at radius 3 is 2.82 bits per heavy atom. The van der Waals surface area contributed by atoms with Crippen LogP contribution in [0.25, 0.3) is 5.78 Å². The average Bonchev–Trinajstić information content (AvgIpc) is 3.18. The standard InChI is InChI=1S/C21H19N5OS/c1-3-16-12-19(26-21(24-16)22-13-23-26)28-18-10-5-4-9-17(18)25-20(27)15-8-6-7-14(2)11-15/h4-13H,3H2,1-2H3,(H,25,27). The number of aromatic nitrogens is 4. The van der Waals surface area contributed by atoms with Gasteiger partial charge in [0.15, 0.2) is 0 Å². The normalized spacial score (nSPS) is 10.9. The molecule has 6 nitrogen and oxygen atoms in total. The van der Waals surface area contributed by atoms with Crippen LogP contribution in [0.4, 0.5) is 5.69 Å². The second-order valence-electron chi connectivity index (χ2n) is 6.33. The van der Waals surface area contributed by atoms with Crippen molar-refractivity contribution in [1.82, 2.24) is 19.6 Å². The fourth-order valence-electron chi connectivity index (χ4n) is 2.84. The van der Waals surface area contributed by atoms with Crippen LogP contribution in [0.1, 0.15) is 28.5 Å². The number of benzene rings is 2. The zero-order valence-electron chi connectivity index (χ0n) is 15.6. The number of amides is 1. The van der Waals surface area contributed by atoms with Crippen molar-refractivity contribution in [3.05, 3.63) is 77.7 Å². The molecule has 28 heavy (non-hydrogen) atoms. The molecule has 1 N–H and O–H groups in total. The highest BCUT2D eigenvalue weighted by Gasteiger charge is 2.13. The fraction of sp³-hybridized carbons (Fsp3) is 0.143. The van der Waals surface area contributed by atoms with E-state index >= 15 is 0 Å². The molecule has 4 rings (SSSR count). The second kappa shape index (κ2) is 7.82. The molecular formula is C21H19N5OS. The molecule has 140 valence electrons. The fourth-order valence-corrected chi connectivity index (χ4v) is 3.85. The second-order valence-corrected chi connectivity index (χ2v) is 7.40. The van der Waals surface area contributed by atoms with Gasteiger partial charge in [0, 0.05) is 16.2 Å². The first kappa shape index (κ1) is 18.2. The van der Waals surface area contributed by atoms with Gasteiger partial charge in [0.25, 0.3) is 11.7 Å². The summed E-state index contributed by atoms with van der Waals surface area (Å²) >= 11 is 1.52. The maximum absolute atomic E-state index is 12.7. The number of carbonyl (C=O) groups is 1. The number of rotatable bonds is 5. The number of nitrogens with one attached hydrogen (secondary N) is 1. The Hall–Kier alpha value is -3.19. The lowest BCUT2D eigenvalue weighted by atomic mass is 10.1. The lowest BCUT2D eigenvalue weighted by molar-refractivity contribution is 0.102. The highest BCUT2D eigenvalue weighted by Crippen LogP contribution is 2.33. The first-order valence-electron chi connectivity index (χ1n) is 8.98. The van der Waals surface area contributed by atoms with E-state index in [1.54, 1.807) is 4.52 Å². The topological polar surface area (TPSA) is 72.2 Å². The van der Waals surface area contributed by atoms with Gasteiger partial charge in [-0.05, 0) is 43.7 Å². The SMILES string of the molecule is CCc1cc(Sc2ccccc2NC(=O)c2cccc(C)c2)n2ncnc2n1. The molecule has 0 bridgehead atoms. The van der Waals surface area contributed by atoms with Gasteiger partial charge in [-0.1, -0.05) is 48.5 Å². The first-order valence-corrected chi connectivity index (χ1v) is 9.80. The van der Waals surface area contributed by atoms with Crippen molar-refractivity contribution in [2.45, 2.75) is 30.2 Å². The quantitative estimate of drug-likeness (QED) is 0.512. The minimum Gasteiger partial charge on any atom is -0.321 e. The minimum absolute atomic E-state index is 0.133. The van der Waals surface area contributed by atoms with Crippen molar-refractivity contribution in [1.29, 1.82) is 0 Å². The number of hydrogen-bond donors (Lipinski definition) is 1. The maximum atomic E-state index is 12.7. The van der Waals surface area contributed by atoms with E-state index in [2.05, 4.69) is 27.3 Å². The lowest BCUT2D eigenvalue weighted by Gasteiger charge is -2.12. The van der Waals surface area contributed by atoms with Gasteiger partial charge in [-0.2, -0.15) is 14.6 Å². The molecule has 0 aliphatic heterocycles. The van der Waals surface area contributed by atoms with Crippen molar-refractivity contribution in [3.8, 4) is 0 Å². The highest BCUT2D eigenvalue weighted by molar-refractivity contribution is 7.99. The summed E-state index contributed by atoms with van der Waals surface area (Å²) in [6.45, 7) is 4.03. The van der Waals surface area contributed by atoms with Crippen LogP contribution >= 0.6 is 11.8 Å². The molecule has 0 atom stereocenters. The van der Waals surface area contributed by atoms with Crippen LogP contribution in [0.15, 0.2) is 70.8 Å². The number of para-hydroxylation sites is 1. The van der Waals surface area contributed by atoms with E-state index in [4.69, 9.17) is 0 Å². The summed E-state index contributed by atoms with van der Waals surface area (Å²) in [4.78, 5) is 22.3. The van der Waals surface area contributed by atoms with E-state index < -0.39 is 0 Å². The third kappa shape index (κ3) is 3.75. The average molecular weight is 389 g/mol. The Morgan fingerprint density at radius 2 is 2.00 bits per heavy atom. The number of aryl methyl sites for hydroxylation is 2.